The molecule has 0 aromatic heterocycles. The third-order valence-electron chi connectivity index (χ3n) is 2.14. The molecule has 1 N–H and O–H groups in total. The molecule has 1 amide bonds. The molecule has 0 bridgehead atoms. The maximum Gasteiger partial charge on any atom is 0.258 e. The monoisotopic (exact) mass is 281 g/mol. The first-order chi connectivity index (χ1) is 7.60. The van der Waals surface area contributed by atoms with E-state index >= 15 is 0 Å². The normalized spacial score (nSPS) is 9.56. The Balaban J connectivity index is 3.00. The molecule has 0 saturated carbocycles. The van der Waals surface area contributed by atoms with Gasteiger partial charge in [-0.2, -0.15) is 0 Å². The number of phenols is 1. The quantitative estimate of drug-likeness (QED) is 0.864. The van der Waals surface area contributed by atoms with E-state index in [1.54, 1.807) is 12.1 Å². The van der Waals surface area contributed by atoms with E-state index in [-0.39, 0.29) is 23.8 Å². The van der Waals surface area contributed by atoms with Crippen LogP contribution in [0.5, 0.6) is 5.75 Å². The minimum absolute atomic E-state index is 0.0464. The topological polar surface area (TPSA) is 40.5 Å². The van der Waals surface area contributed by atoms with E-state index in [0.29, 0.717) is 6.54 Å². The van der Waals surface area contributed by atoms with Crippen LogP contribution in [-0.2, 0) is 0 Å². The Morgan fingerprint density at radius 1 is 1.62 bits per heavy atom. The van der Waals surface area contributed by atoms with E-state index in [2.05, 4.69) is 21.9 Å². The molecule has 0 radical (unpaired) electrons. The minimum atomic E-state index is -0.259. The number of terminal acetylenes is 1. The van der Waals surface area contributed by atoms with Gasteiger partial charge in [0.05, 0.1) is 12.1 Å². The van der Waals surface area contributed by atoms with Crippen LogP contribution in [0.25, 0.3) is 0 Å². The maximum absolute atomic E-state index is 12.0. The van der Waals surface area contributed by atoms with Crippen molar-refractivity contribution in [1.82, 2.24) is 4.90 Å². The third kappa shape index (κ3) is 2.77. The van der Waals surface area contributed by atoms with Crippen molar-refractivity contribution in [2.24, 2.45) is 0 Å². The van der Waals surface area contributed by atoms with Gasteiger partial charge in [-0.25, -0.2) is 0 Å². The molecule has 0 aliphatic heterocycles. The average Bonchev–Trinajstić information content (AvgIpc) is 2.25. The Morgan fingerprint density at radius 3 is 2.81 bits per heavy atom. The second-order valence-electron chi connectivity index (χ2n) is 3.18. The summed E-state index contributed by atoms with van der Waals surface area (Å²) in [6, 6.07) is 4.76. The highest BCUT2D eigenvalue weighted by molar-refractivity contribution is 9.10. The van der Waals surface area contributed by atoms with E-state index in [1.165, 1.54) is 11.0 Å². The molecule has 0 saturated heterocycles. The van der Waals surface area contributed by atoms with Gasteiger partial charge in [0, 0.05) is 11.0 Å². The standard InChI is InChI=1S/C12H12BrNO2/c1-3-7-14(4-2)12(16)10-6-5-9(13)8-11(10)15/h1,5-6,8,15H,4,7H2,2H3. The highest BCUT2D eigenvalue weighted by Crippen LogP contribution is 2.23. The van der Waals surface area contributed by atoms with Gasteiger partial charge in [-0.05, 0) is 25.1 Å². The van der Waals surface area contributed by atoms with Gasteiger partial charge < -0.3 is 10.0 Å². The lowest BCUT2D eigenvalue weighted by molar-refractivity contribution is 0.0782. The van der Waals surface area contributed by atoms with Crippen LogP contribution in [0.15, 0.2) is 22.7 Å². The summed E-state index contributed by atoms with van der Waals surface area (Å²) in [5.41, 5.74) is 0.264. The summed E-state index contributed by atoms with van der Waals surface area (Å²) in [5.74, 6) is 2.11. The molecular formula is C12H12BrNO2. The molecule has 1 rings (SSSR count). The van der Waals surface area contributed by atoms with Gasteiger partial charge in [-0.15, -0.1) is 6.42 Å². The number of rotatable bonds is 3. The van der Waals surface area contributed by atoms with Crippen LogP contribution in [0.1, 0.15) is 17.3 Å². The summed E-state index contributed by atoms with van der Waals surface area (Å²) < 4.78 is 0.724. The van der Waals surface area contributed by atoms with Gasteiger partial charge in [0.2, 0.25) is 0 Å². The number of carbonyl (C=O) groups excluding carboxylic acids is 1. The third-order valence-corrected chi connectivity index (χ3v) is 2.63. The average molecular weight is 282 g/mol. The van der Waals surface area contributed by atoms with E-state index in [0.717, 1.165) is 4.47 Å². The van der Waals surface area contributed by atoms with Crippen LogP contribution in [0.4, 0.5) is 0 Å². The predicted molar refractivity (Wildman–Crippen MR) is 66.2 cm³/mol. The summed E-state index contributed by atoms with van der Waals surface area (Å²) in [6.07, 6.45) is 5.17. The molecule has 0 unspecified atom stereocenters. The van der Waals surface area contributed by atoms with Gasteiger partial charge in [0.1, 0.15) is 5.75 Å². The molecule has 1 aromatic rings. The Morgan fingerprint density at radius 2 is 2.31 bits per heavy atom. The second kappa shape index (κ2) is 5.57. The molecule has 0 aliphatic carbocycles. The predicted octanol–water partition coefficient (Wildman–Crippen LogP) is 2.25. The van der Waals surface area contributed by atoms with E-state index < -0.39 is 0 Å². The zero-order valence-corrected chi connectivity index (χ0v) is 10.5. The number of amides is 1. The van der Waals surface area contributed by atoms with Gasteiger partial charge in [-0.3, -0.25) is 4.79 Å². The van der Waals surface area contributed by atoms with Crippen LogP contribution in [0.2, 0.25) is 0 Å². The number of carbonyl (C=O) groups is 1. The van der Waals surface area contributed by atoms with Crippen molar-refractivity contribution in [3.63, 3.8) is 0 Å². The molecule has 0 atom stereocenters. The van der Waals surface area contributed by atoms with Crippen molar-refractivity contribution >= 4 is 21.8 Å². The SMILES string of the molecule is C#CCN(CC)C(=O)c1ccc(Br)cc1O. The smallest absolute Gasteiger partial charge is 0.258 e. The highest BCUT2D eigenvalue weighted by Gasteiger charge is 2.16. The number of phenolic OH excluding ortho intramolecular Hbond substituents is 1. The van der Waals surface area contributed by atoms with E-state index in [9.17, 15) is 9.90 Å². The van der Waals surface area contributed by atoms with Crippen LogP contribution in [-0.4, -0.2) is 29.0 Å². The Bertz CT molecular complexity index is 437. The van der Waals surface area contributed by atoms with Crippen LogP contribution in [0.3, 0.4) is 0 Å². The Labute approximate surface area is 103 Å². The zero-order valence-electron chi connectivity index (χ0n) is 8.90. The lowest BCUT2D eigenvalue weighted by Crippen LogP contribution is -2.31. The fraction of sp³-hybridized carbons (Fsp3) is 0.250. The van der Waals surface area contributed by atoms with Gasteiger partial charge >= 0.3 is 0 Å². The molecule has 1 aromatic carbocycles. The molecule has 0 spiro atoms. The molecule has 3 nitrogen and oxygen atoms in total. The molecule has 0 fully saturated rings. The number of benzene rings is 1. The van der Waals surface area contributed by atoms with Gasteiger partial charge in [0.25, 0.3) is 5.91 Å². The van der Waals surface area contributed by atoms with Crippen molar-refractivity contribution in [2.45, 2.75) is 6.92 Å². The van der Waals surface area contributed by atoms with Crippen molar-refractivity contribution in [1.29, 1.82) is 0 Å². The van der Waals surface area contributed by atoms with E-state index in [4.69, 9.17) is 6.42 Å². The van der Waals surface area contributed by atoms with Crippen molar-refractivity contribution < 1.29 is 9.90 Å². The molecular weight excluding hydrogens is 270 g/mol. The summed E-state index contributed by atoms with van der Waals surface area (Å²) in [7, 11) is 0. The summed E-state index contributed by atoms with van der Waals surface area (Å²) in [4.78, 5) is 13.4. The molecule has 0 heterocycles. The van der Waals surface area contributed by atoms with Crippen LogP contribution >= 0.6 is 15.9 Å². The first-order valence-electron chi connectivity index (χ1n) is 4.81. The Kier molecular flexibility index (Phi) is 4.39. The number of aromatic hydroxyl groups is 1. The number of halogens is 1. The summed E-state index contributed by atoms with van der Waals surface area (Å²) in [5, 5.41) is 9.65. The fourth-order valence-corrected chi connectivity index (χ4v) is 1.64. The second-order valence-corrected chi connectivity index (χ2v) is 4.10. The highest BCUT2D eigenvalue weighted by atomic mass is 79.9. The van der Waals surface area contributed by atoms with Gasteiger partial charge in [0.15, 0.2) is 0 Å². The number of hydrogen-bond acceptors (Lipinski definition) is 2. The Hall–Kier alpha value is -1.47. The first kappa shape index (κ1) is 12.6. The van der Waals surface area contributed by atoms with Gasteiger partial charge in [-0.1, -0.05) is 21.9 Å². The minimum Gasteiger partial charge on any atom is -0.507 e. The molecule has 84 valence electrons. The maximum atomic E-state index is 12.0. The van der Waals surface area contributed by atoms with E-state index in [1.807, 2.05) is 6.92 Å². The summed E-state index contributed by atoms with van der Waals surface area (Å²) >= 11 is 3.21. The molecule has 0 aliphatic rings. The van der Waals surface area contributed by atoms with Crippen LogP contribution in [0, 0.1) is 12.3 Å². The molecule has 16 heavy (non-hydrogen) atoms. The number of hydrogen-bond donors (Lipinski definition) is 1. The lowest BCUT2D eigenvalue weighted by Gasteiger charge is -2.18. The first-order valence-corrected chi connectivity index (χ1v) is 5.60. The zero-order chi connectivity index (χ0) is 12.1. The fourth-order valence-electron chi connectivity index (χ4n) is 1.29. The van der Waals surface area contributed by atoms with Crippen molar-refractivity contribution in [2.75, 3.05) is 13.1 Å². The largest absolute Gasteiger partial charge is 0.507 e. The molecule has 4 heteroatoms. The van der Waals surface area contributed by atoms with Crippen molar-refractivity contribution in [3.8, 4) is 18.1 Å². The van der Waals surface area contributed by atoms with Crippen LogP contribution < -0.4 is 0 Å². The summed E-state index contributed by atoms with van der Waals surface area (Å²) in [6.45, 7) is 2.59. The number of nitrogens with zero attached hydrogens (tertiary/aromatic N) is 1. The van der Waals surface area contributed by atoms with Crippen molar-refractivity contribution in [3.05, 3.63) is 28.2 Å². The lowest BCUT2D eigenvalue weighted by atomic mass is 10.1.